The molecule has 4 unspecified atom stereocenters. The van der Waals surface area contributed by atoms with Crippen LogP contribution in [-0.2, 0) is 16.6 Å². The van der Waals surface area contributed by atoms with Crippen molar-refractivity contribution in [2.45, 2.75) is 47.0 Å². The van der Waals surface area contributed by atoms with Crippen LogP contribution in [0.15, 0.2) is 0 Å². The first-order valence-electron chi connectivity index (χ1n) is 5.96. The molecule has 4 atom stereocenters. The molecule has 0 radical (unpaired) electrons. The van der Waals surface area contributed by atoms with E-state index in [1.54, 1.807) is 0 Å². The molecule has 10 aliphatic rings. The fraction of sp³-hybridized carbons (Fsp3) is 1.00. The third kappa shape index (κ3) is 0.0644. The van der Waals surface area contributed by atoms with E-state index in [1.165, 1.54) is 0 Å². The maximum absolute atomic E-state index is 11.9. The van der Waals surface area contributed by atoms with Crippen LogP contribution >= 0.6 is 0 Å². The van der Waals surface area contributed by atoms with Crippen molar-refractivity contribution < 1.29 is 49.0 Å². The standard InChI is InChI=1S/C5H5O3S.C5H5.Fe.Na/c6-9(7,8)5-3-1-2-4-5;1-2-4-5-3-1;;/h1-4H,(H,6,7,8);1-5H;;/q;;;+1/p-1. The minimum atomic E-state index is -3.94. The van der Waals surface area contributed by atoms with Crippen molar-refractivity contribution in [1.82, 2.24) is 0 Å². The van der Waals surface area contributed by atoms with E-state index in [0.717, 1.165) is 33.7 Å². The normalized spacial score (nSPS) is 126. The number of fused-ring (bicyclic) bond motifs is 10. The molecular formula is C10H9FeNaO3S. The molecule has 10 saturated heterocycles. The molecule has 0 aliphatic carbocycles. The van der Waals surface area contributed by atoms with Gasteiger partial charge in [-0.2, -0.15) is 0 Å². The van der Waals surface area contributed by atoms with E-state index in [4.69, 9.17) is 0 Å². The molecule has 6 heteroatoms. The van der Waals surface area contributed by atoms with Gasteiger partial charge in [0.25, 0.3) is 0 Å². The van der Waals surface area contributed by atoms with Gasteiger partial charge in [-0.25, -0.2) is 0 Å². The van der Waals surface area contributed by atoms with Crippen molar-refractivity contribution in [3.63, 3.8) is 0 Å². The first-order chi connectivity index (χ1) is 6.80. The molecule has 0 amide bonds. The van der Waals surface area contributed by atoms with Crippen LogP contribution in [0.5, 0.6) is 0 Å². The average molecular weight is 288 g/mol. The predicted molar refractivity (Wildman–Crippen MR) is 46.2 cm³/mol. The molecule has 0 aromatic heterocycles. The quantitative estimate of drug-likeness (QED) is 0.451. The third-order valence-electron chi connectivity index (χ3n) is 14.9. The van der Waals surface area contributed by atoms with Crippen LogP contribution in [0.2, 0.25) is 43.3 Å². The van der Waals surface area contributed by atoms with Crippen molar-refractivity contribution in [3.8, 4) is 0 Å². The summed E-state index contributed by atoms with van der Waals surface area (Å²) in [6.07, 6.45) is 0. The summed E-state index contributed by atoms with van der Waals surface area (Å²) in [6.45, 7) is -3.59. The molecule has 0 bridgehead atoms. The molecule has 82 valence electrons. The van der Waals surface area contributed by atoms with Gasteiger partial charge in [-0.3, -0.25) is 0 Å². The minimum absolute atomic E-state index is 0. The van der Waals surface area contributed by atoms with Crippen LogP contribution in [0.4, 0.5) is 0 Å². The van der Waals surface area contributed by atoms with E-state index >= 15 is 0 Å². The first-order valence-corrected chi connectivity index (χ1v) is 13.7. The summed E-state index contributed by atoms with van der Waals surface area (Å²) in [5.74, 6) is 0. The number of hydrogen-bond donors (Lipinski definition) is 0. The summed E-state index contributed by atoms with van der Waals surface area (Å²) in [5.41, 5.74) is 0. The summed E-state index contributed by atoms with van der Waals surface area (Å²) in [6, 6.07) is 0. The van der Waals surface area contributed by atoms with Crippen LogP contribution in [0.1, 0.15) is 0 Å². The molecular weight excluding hydrogens is 279 g/mol. The van der Waals surface area contributed by atoms with E-state index in [1.807, 2.05) is 0 Å². The maximum Gasteiger partial charge on any atom is 1.00 e. The zero-order valence-electron chi connectivity index (χ0n) is 8.68. The summed E-state index contributed by atoms with van der Waals surface area (Å²) < 4.78 is 35.2. The second kappa shape index (κ2) is 0.536. The summed E-state index contributed by atoms with van der Waals surface area (Å²) in [5, 5.41) is 0. The fourth-order valence-corrected chi connectivity index (χ4v) is 102. The Balaban J connectivity index is 0.000000576. The van der Waals surface area contributed by atoms with Crippen molar-refractivity contribution in [3.05, 3.63) is 0 Å². The van der Waals surface area contributed by atoms with Gasteiger partial charge in [0, 0.05) is 0 Å². The summed E-state index contributed by atoms with van der Waals surface area (Å²) in [4.78, 5) is 7.82. The first kappa shape index (κ1) is 7.28. The monoisotopic (exact) mass is 288 g/mol. The zero-order valence-corrected chi connectivity index (χ0v) is 12.6. The van der Waals surface area contributed by atoms with Crippen molar-refractivity contribution in [1.29, 1.82) is 0 Å². The molecule has 3 nitrogen and oxygen atoms in total. The SMILES string of the molecule is O=S(=O)([O-])[C]12[CH]3[CH]4[CH]5[CH]1[Fe]45321678[CH]2[CH]1[CH]6[CH]7[CH]28.[Na+]. The molecule has 10 fully saturated rings. The Morgan fingerprint density at radius 3 is 1.31 bits per heavy atom. The molecule has 0 saturated carbocycles. The van der Waals surface area contributed by atoms with Gasteiger partial charge < -0.3 is 0 Å². The van der Waals surface area contributed by atoms with Crippen molar-refractivity contribution in [2.75, 3.05) is 0 Å². The Morgan fingerprint density at radius 1 is 0.875 bits per heavy atom. The number of hydrogen-bond acceptors (Lipinski definition) is 3. The molecule has 0 N–H and O–H groups in total. The summed E-state index contributed by atoms with van der Waals surface area (Å²) >= 11 is 0. The van der Waals surface area contributed by atoms with E-state index in [-0.39, 0.29) is 29.6 Å². The predicted octanol–water partition coefficient (Wildman–Crippen LogP) is -1.17. The molecule has 16 heavy (non-hydrogen) atoms. The van der Waals surface area contributed by atoms with Crippen LogP contribution < -0.4 is 29.6 Å². The Labute approximate surface area is 105 Å². The van der Waals surface area contributed by atoms with Crippen LogP contribution in [0.3, 0.4) is 0 Å². The van der Waals surface area contributed by atoms with E-state index < -0.39 is 20.3 Å². The minimum Gasteiger partial charge on any atom is 1.00 e. The van der Waals surface area contributed by atoms with Gasteiger partial charge in [0.05, 0.1) is 0 Å². The Morgan fingerprint density at radius 2 is 1.25 bits per heavy atom. The smallest absolute Gasteiger partial charge is 1.00 e. The average Bonchev–Trinajstić information content (AvgIpc) is 3.12. The molecule has 10 rings (SSSR count). The van der Waals surface area contributed by atoms with Crippen molar-refractivity contribution >= 4 is 10.1 Å². The summed E-state index contributed by atoms with van der Waals surface area (Å²) in [7, 11) is -3.94. The van der Waals surface area contributed by atoms with E-state index in [9.17, 15) is 13.0 Å². The number of rotatable bonds is 1. The van der Waals surface area contributed by atoms with Gasteiger partial charge in [-0.1, -0.05) is 0 Å². The molecule has 1 spiro atoms. The van der Waals surface area contributed by atoms with Gasteiger partial charge in [0.1, 0.15) is 0 Å². The largest absolute Gasteiger partial charge is 1.00 e. The molecule has 10 aliphatic heterocycles. The zero-order chi connectivity index (χ0) is 9.51. The Bertz CT molecular complexity index is 980. The van der Waals surface area contributed by atoms with Crippen LogP contribution in [-0.4, -0.2) is 16.6 Å². The van der Waals surface area contributed by atoms with Gasteiger partial charge in [-0.05, 0) is 0 Å². The van der Waals surface area contributed by atoms with Crippen molar-refractivity contribution in [2.24, 2.45) is 0 Å². The Kier molecular flexibility index (Phi) is 0.244. The van der Waals surface area contributed by atoms with Gasteiger partial charge in [0.2, 0.25) is 0 Å². The van der Waals surface area contributed by atoms with Gasteiger partial charge >= 0.3 is 106 Å². The topological polar surface area (TPSA) is 57.2 Å². The van der Waals surface area contributed by atoms with E-state index in [2.05, 4.69) is 0 Å². The van der Waals surface area contributed by atoms with Crippen LogP contribution in [0, 0.1) is 0 Å². The van der Waals surface area contributed by atoms with Gasteiger partial charge in [0.15, 0.2) is 0 Å². The molecule has 10 heterocycles. The maximum atomic E-state index is 11.9. The molecule has 0 aromatic carbocycles. The second-order valence-electron chi connectivity index (χ2n) is 10.1. The van der Waals surface area contributed by atoms with E-state index in [0.29, 0.717) is 9.63 Å². The Hall–Kier alpha value is 1.43. The second-order valence-corrected chi connectivity index (χ2v) is 35.5. The van der Waals surface area contributed by atoms with Crippen LogP contribution in [0.25, 0.3) is 0 Å². The molecule has 0 aromatic rings. The third-order valence-corrected chi connectivity index (χ3v) is 62.3. The fourth-order valence-electron chi connectivity index (χ4n) is 16.7. The van der Waals surface area contributed by atoms with Gasteiger partial charge in [-0.15, -0.1) is 0 Å².